The Hall–Kier alpha value is -2.72. The van der Waals surface area contributed by atoms with Crippen LogP contribution in [-0.4, -0.2) is 76.7 Å². The molecular formula is C26H33ClF5N5O5S. The fourth-order valence-electron chi connectivity index (χ4n) is 5.29. The van der Waals surface area contributed by atoms with Crippen LogP contribution in [0.3, 0.4) is 0 Å². The fraction of sp³-hybridized carbons (Fsp3) is 0.654. The molecule has 3 N–H and O–H groups in total. The summed E-state index contributed by atoms with van der Waals surface area (Å²) in [5.41, 5.74) is -1.66. The molecule has 43 heavy (non-hydrogen) atoms. The van der Waals surface area contributed by atoms with Crippen molar-refractivity contribution < 1.29 is 45.0 Å². The Labute approximate surface area is 250 Å². The van der Waals surface area contributed by atoms with Crippen LogP contribution < -0.4 is 15.4 Å². The van der Waals surface area contributed by atoms with Crippen molar-refractivity contribution in [2.75, 3.05) is 18.1 Å². The lowest BCUT2D eigenvalue weighted by Gasteiger charge is -2.35. The quantitative estimate of drug-likeness (QED) is 0.277. The number of alkyl halides is 5. The van der Waals surface area contributed by atoms with Crippen LogP contribution in [0.4, 0.5) is 27.8 Å². The second-order valence-electron chi connectivity index (χ2n) is 11.1. The number of aromatic nitrogens is 3. The van der Waals surface area contributed by atoms with Gasteiger partial charge in [-0.15, -0.1) is 0 Å². The molecule has 17 heteroatoms. The van der Waals surface area contributed by atoms with Gasteiger partial charge in [-0.25, -0.2) is 13.4 Å². The first-order valence-electron chi connectivity index (χ1n) is 13.7. The summed E-state index contributed by atoms with van der Waals surface area (Å²) < 4.78 is 95.7. The van der Waals surface area contributed by atoms with Crippen LogP contribution in [0.5, 0.6) is 5.75 Å². The van der Waals surface area contributed by atoms with Gasteiger partial charge in [0.15, 0.2) is 5.69 Å². The number of amides is 1. The second kappa shape index (κ2) is 12.7. The number of sulfone groups is 1. The largest absolute Gasteiger partial charge is 0.434 e. The highest BCUT2D eigenvalue weighted by atomic mass is 35.5. The monoisotopic (exact) mass is 657 g/mol. The average molecular weight is 658 g/mol. The molecule has 2 aromatic rings. The number of aliphatic hydroxyl groups is 1. The average Bonchev–Trinajstić information content (AvgIpc) is 3.69. The maximum Gasteiger partial charge on any atom is 0.391 e. The molecule has 0 aliphatic heterocycles. The molecule has 2 fully saturated rings. The molecule has 2 saturated carbocycles. The fourth-order valence-corrected chi connectivity index (χ4v) is 6.71. The molecule has 0 bridgehead atoms. The highest BCUT2D eigenvalue weighted by molar-refractivity contribution is 7.91. The number of aryl methyl sites for hydroxylation is 1. The number of carbonyl (C=O) groups excluding carboxylic acids is 1. The van der Waals surface area contributed by atoms with Crippen LogP contribution in [-0.2, 0) is 16.4 Å². The maximum absolute atomic E-state index is 13.4. The van der Waals surface area contributed by atoms with Crippen LogP contribution in [0.25, 0.3) is 11.3 Å². The zero-order chi connectivity index (χ0) is 31.7. The van der Waals surface area contributed by atoms with Gasteiger partial charge in [0.05, 0.1) is 33.6 Å². The van der Waals surface area contributed by atoms with E-state index in [1.54, 1.807) is 6.92 Å². The van der Waals surface area contributed by atoms with Crippen molar-refractivity contribution >= 4 is 33.2 Å². The Morgan fingerprint density at radius 2 is 1.91 bits per heavy atom. The highest BCUT2D eigenvalue weighted by Gasteiger charge is 2.41. The number of nitrogens with one attached hydrogen (secondary N) is 2. The van der Waals surface area contributed by atoms with E-state index >= 15 is 0 Å². The van der Waals surface area contributed by atoms with Gasteiger partial charge in [-0.1, -0.05) is 11.6 Å². The van der Waals surface area contributed by atoms with E-state index in [0.717, 1.165) is 18.5 Å². The molecule has 2 aliphatic carbocycles. The number of pyridine rings is 1. The number of ether oxygens (including phenoxy) is 1. The number of anilines is 1. The summed E-state index contributed by atoms with van der Waals surface area (Å²) in [5.74, 6) is -1.53. The summed E-state index contributed by atoms with van der Waals surface area (Å²) in [6, 6.07) is 0.0626. The molecule has 1 atom stereocenters. The van der Waals surface area contributed by atoms with Gasteiger partial charge in [-0.05, 0) is 51.4 Å². The van der Waals surface area contributed by atoms with Gasteiger partial charge in [-0.2, -0.15) is 27.1 Å². The Morgan fingerprint density at radius 1 is 1.26 bits per heavy atom. The first-order valence-corrected chi connectivity index (χ1v) is 16.1. The van der Waals surface area contributed by atoms with E-state index in [-0.39, 0.29) is 72.5 Å². The zero-order valence-electron chi connectivity index (χ0n) is 23.4. The number of hydrogen-bond donors (Lipinski definition) is 3. The first kappa shape index (κ1) is 33.2. The minimum Gasteiger partial charge on any atom is -0.434 e. The number of hydrogen-bond acceptors (Lipinski definition) is 8. The van der Waals surface area contributed by atoms with Crippen molar-refractivity contribution in [3.63, 3.8) is 0 Å². The van der Waals surface area contributed by atoms with E-state index in [9.17, 15) is 40.3 Å². The molecule has 10 nitrogen and oxygen atoms in total. The van der Waals surface area contributed by atoms with Crippen LogP contribution in [0.1, 0.15) is 62.4 Å². The topological polar surface area (TPSA) is 135 Å². The number of halogens is 6. The van der Waals surface area contributed by atoms with Crippen molar-refractivity contribution in [3.8, 4) is 17.0 Å². The smallest absolute Gasteiger partial charge is 0.391 e. The van der Waals surface area contributed by atoms with Crippen LogP contribution in [0.2, 0.25) is 5.02 Å². The molecule has 0 unspecified atom stereocenters. The minimum atomic E-state index is -4.44. The van der Waals surface area contributed by atoms with E-state index in [2.05, 4.69) is 25.5 Å². The predicted octanol–water partition coefficient (Wildman–Crippen LogP) is 4.81. The maximum atomic E-state index is 13.4. The number of nitrogens with zero attached hydrogens (tertiary/aromatic N) is 3. The third kappa shape index (κ3) is 8.47. The standard InChI is InChI=1S/C26H33ClF5N5O5S/c1-3-37-22(20(27)21(36-37)23(38)34-13-25(39)8-6-15(7-9-25)43(2,40)41)16-12-33-19(10-18(16)42-24(28)29)35-17(14-4-5-14)11-26(30,31)32/h10,12,14-15,17,24,39H,3-9,11,13H2,1-2H3,(H,33,35)(H,34,38)/t15-,17-,25+/m1/s1. The van der Waals surface area contributed by atoms with Gasteiger partial charge < -0.3 is 20.5 Å². The van der Waals surface area contributed by atoms with Crippen molar-refractivity contribution in [1.82, 2.24) is 20.1 Å². The van der Waals surface area contributed by atoms with Crippen LogP contribution in [0.15, 0.2) is 12.3 Å². The SMILES string of the molecule is CCn1nc(C(=O)NC[C@]2(O)CC[C@@H](S(C)(=O)=O)CC2)c(Cl)c1-c1cnc(N[C@H](CC(F)(F)F)C2CC2)cc1OC(F)F. The molecule has 0 radical (unpaired) electrons. The third-order valence-corrected chi connectivity index (χ3v) is 9.81. The molecule has 0 saturated heterocycles. The van der Waals surface area contributed by atoms with Gasteiger partial charge in [0, 0.05) is 37.7 Å². The van der Waals surface area contributed by atoms with Crippen molar-refractivity contribution in [3.05, 3.63) is 23.0 Å². The van der Waals surface area contributed by atoms with Crippen molar-refractivity contribution in [2.24, 2.45) is 5.92 Å². The Bertz CT molecular complexity index is 1430. The lowest BCUT2D eigenvalue weighted by Crippen LogP contribution is -2.47. The van der Waals surface area contributed by atoms with E-state index in [4.69, 9.17) is 11.6 Å². The molecular weight excluding hydrogens is 625 g/mol. The minimum absolute atomic E-state index is 0.0189. The summed E-state index contributed by atoms with van der Waals surface area (Å²) in [6.45, 7) is -1.69. The Kier molecular flexibility index (Phi) is 9.81. The lowest BCUT2D eigenvalue weighted by molar-refractivity contribution is -0.138. The van der Waals surface area contributed by atoms with E-state index < -0.39 is 57.6 Å². The molecule has 2 aliphatic rings. The van der Waals surface area contributed by atoms with Gasteiger partial charge in [0.2, 0.25) is 0 Å². The summed E-state index contributed by atoms with van der Waals surface area (Å²) in [5, 5.41) is 19.5. The first-order chi connectivity index (χ1) is 20.0. The van der Waals surface area contributed by atoms with Crippen molar-refractivity contribution in [1.29, 1.82) is 0 Å². The van der Waals surface area contributed by atoms with E-state index in [0.29, 0.717) is 12.8 Å². The summed E-state index contributed by atoms with van der Waals surface area (Å²) >= 11 is 6.53. The Morgan fingerprint density at radius 3 is 2.44 bits per heavy atom. The van der Waals surface area contributed by atoms with Crippen molar-refractivity contribution in [2.45, 2.75) is 88.1 Å². The van der Waals surface area contributed by atoms with Gasteiger partial charge in [-0.3, -0.25) is 9.48 Å². The summed E-state index contributed by atoms with van der Waals surface area (Å²) in [4.78, 5) is 17.2. The molecule has 1 amide bonds. The number of rotatable bonds is 12. The molecule has 0 aromatic carbocycles. The van der Waals surface area contributed by atoms with E-state index in [1.165, 1.54) is 4.68 Å². The third-order valence-electron chi connectivity index (χ3n) is 7.77. The normalized spacial score (nSPS) is 22.0. The predicted molar refractivity (Wildman–Crippen MR) is 148 cm³/mol. The molecule has 240 valence electrons. The lowest BCUT2D eigenvalue weighted by atomic mass is 9.84. The summed E-state index contributed by atoms with van der Waals surface area (Å²) in [7, 11) is -3.26. The second-order valence-corrected chi connectivity index (χ2v) is 13.8. The van der Waals surface area contributed by atoms with Gasteiger partial charge >= 0.3 is 12.8 Å². The Balaban J connectivity index is 1.56. The van der Waals surface area contributed by atoms with Gasteiger partial charge in [0.25, 0.3) is 5.91 Å². The summed E-state index contributed by atoms with van der Waals surface area (Å²) in [6.07, 6.45) is -1.33. The zero-order valence-corrected chi connectivity index (χ0v) is 25.0. The van der Waals surface area contributed by atoms with Crippen LogP contribution in [0, 0.1) is 5.92 Å². The molecule has 2 heterocycles. The number of carbonyl (C=O) groups is 1. The molecule has 2 aromatic heterocycles. The van der Waals surface area contributed by atoms with Crippen LogP contribution >= 0.6 is 11.6 Å². The molecule has 4 rings (SSSR count). The molecule has 0 spiro atoms. The van der Waals surface area contributed by atoms with E-state index in [1.807, 2.05) is 0 Å². The highest BCUT2D eigenvalue weighted by Crippen LogP contribution is 2.41. The van der Waals surface area contributed by atoms with Gasteiger partial charge in [0.1, 0.15) is 21.4 Å².